The van der Waals surface area contributed by atoms with Crippen molar-refractivity contribution in [2.75, 3.05) is 11.5 Å². The zero-order chi connectivity index (χ0) is 40.5. The summed E-state index contributed by atoms with van der Waals surface area (Å²) in [5.41, 5.74) is -10.4. The number of Topliss-reactive ketones (excluding diaryl/α,β-unsaturated/α-hetero) is 2. The van der Waals surface area contributed by atoms with Crippen molar-refractivity contribution >= 4 is 31.7 Å². The van der Waals surface area contributed by atoms with Crippen LogP contribution in [0.1, 0.15) is 89.5 Å². The third kappa shape index (κ3) is 5.65. The van der Waals surface area contributed by atoms with Crippen molar-refractivity contribution in [2.24, 2.45) is 33.5 Å². The molecular formula is C34H33F10NO7S2. The fourth-order valence-electron chi connectivity index (χ4n) is 9.58. The van der Waals surface area contributed by atoms with Gasteiger partial charge in [-0.3, -0.25) is 13.8 Å². The first-order valence-electron chi connectivity index (χ1n) is 16.7. The van der Waals surface area contributed by atoms with Crippen LogP contribution >= 0.6 is 0 Å². The van der Waals surface area contributed by atoms with Gasteiger partial charge in [-0.2, -0.15) is 8.42 Å². The first-order valence-corrected chi connectivity index (χ1v) is 19.9. The summed E-state index contributed by atoms with van der Waals surface area (Å²) in [7, 11) is -11.1. The minimum atomic E-state index is -5.64. The molecule has 298 valence electrons. The van der Waals surface area contributed by atoms with Gasteiger partial charge in [0.2, 0.25) is 21.7 Å². The summed E-state index contributed by atoms with van der Waals surface area (Å²) < 4.78 is 212. The Balaban J connectivity index is 1.59. The second kappa shape index (κ2) is 12.7. The lowest BCUT2D eigenvalue weighted by Gasteiger charge is -2.38. The maximum atomic E-state index is 15.6. The van der Waals surface area contributed by atoms with Crippen molar-refractivity contribution in [2.45, 2.75) is 78.4 Å². The van der Waals surface area contributed by atoms with Gasteiger partial charge in [-0.25, -0.2) is 57.0 Å². The van der Waals surface area contributed by atoms with Gasteiger partial charge in [0.15, 0.2) is 46.5 Å². The molecule has 54 heavy (non-hydrogen) atoms. The van der Waals surface area contributed by atoms with Crippen LogP contribution in [-0.4, -0.2) is 39.9 Å². The maximum absolute atomic E-state index is 15.6. The summed E-state index contributed by atoms with van der Waals surface area (Å²) in [5, 5.41) is 0. The van der Waals surface area contributed by atoms with E-state index < -0.39 is 146 Å². The molecule has 0 aliphatic heterocycles. The average Bonchev–Trinajstić information content (AvgIpc) is 3.60. The Morgan fingerprint density at radius 3 is 1.30 bits per heavy atom. The van der Waals surface area contributed by atoms with Crippen molar-refractivity contribution in [3.63, 3.8) is 0 Å². The Bertz CT molecular complexity index is 2020. The molecule has 1 N–H and O–H groups in total. The van der Waals surface area contributed by atoms with Crippen molar-refractivity contribution in [1.82, 2.24) is 4.72 Å². The predicted molar refractivity (Wildman–Crippen MR) is 167 cm³/mol. The summed E-state index contributed by atoms with van der Waals surface area (Å²) in [6.07, 6.45) is -3.40. The van der Waals surface area contributed by atoms with E-state index in [9.17, 15) is 52.8 Å². The molecule has 0 aromatic heterocycles. The van der Waals surface area contributed by atoms with Crippen molar-refractivity contribution in [3.05, 3.63) is 69.3 Å². The molecule has 0 saturated heterocycles. The van der Waals surface area contributed by atoms with Gasteiger partial charge in [-0.05, 0) is 48.3 Å². The largest absolute Gasteiger partial charge is 0.299 e. The molecule has 0 heterocycles. The molecule has 0 spiro atoms. The number of sulfonamides is 1. The number of nitrogens with one attached hydrogen (secondary N) is 1. The lowest BCUT2D eigenvalue weighted by Crippen LogP contribution is -2.47. The first-order chi connectivity index (χ1) is 24.7. The molecule has 6 atom stereocenters. The van der Waals surface area contributed by atoms with Crippen LogP contribution in [0.25, 0.3) is 0 Å². The van der Waals surface area contributed by atoms with Crippen LogP contribution < -0.4 is 4.72 Å². The number of hydrogen-bond acceptors (Lipinski definition) is 7. The Labute approximate surface area is 303 Å². The maximum Gasteiger partial charge on any atom is 0.268 e. The molecule has 6 rings (SSSR count). The van der Waals surface area contributed by atoms with E-state index >= 15 is 17.6 Å². The molecule has 20 heteroatoms. The molecule has 4 aliphatic rings. The number of rotatable bonds is 11. The Morgan fingerprint density at radius 2 is 0.944 bits per heavy atom. The van der Waals surface area contributed by atoms with Gasteiger partial charge in [0.25, 0.3) is 10.1 Å². The molecule has 0 radical (unpaired) electrons. The second-order valence-electron chi connectivity index (χ2n) is 15.9. The van der Waals surface area contributed by atoms with Gasteiger partial charge in [-0.15, -0.1) is 0 Å². The Morgan fingerprint density at radius 1 is 0.593 bits per heavy atom. The van der Waals surface area contributed by atoms with E-state index in [0.29, 0.717) is 12.8 Å². The summed E-state index contributed by atoms with van der Waals surface area (Å²) in [6.45, 7) is 6.13. The first kappa shape index (κ1) is 40.6. The van der Waals surface area contributed by atoms with Crippen LogP contribution in [0.15, 0.2) is 0 Å². The van der Waals surface area contributed by atoms with E-state index in [1.165, 1.54) is 18.6 Å². The standard InChI is InChI=1S/C34H33F10NO7S2/c1-31(2)13-5-7-33(31,15(46)9-13)11-53(48,49)45-29(17-19(35)23(39)27(43)24(40)20(17)36)30(18-21(37)25(41)28(44)26(42)22(18)38)52-54(50,51)12-34-8-6-14(10-16(34)47)32(34,3)4/h13-14,29-30,45H,5-12H2,1-4H3/t13-,14-,29-,30+,33-,34-/m1/s1. The zero-order valence-electron chi connectivity index (χ0n) is 28.9. The highest BCUT2D eigenvalue weighted by Crippen LogP contribution is 2.65. The lowest BCUT2D eigenvalue weighted by atomic mass is 9.70. The van der Waals surface area contributed by atoms with E-state index in [1.54, 1.807) is 13.8 Å². The van der Waals surface area contributed by atoms with Gasteiger partial charge >= 0.3 is 0 Å². The lowest BCUT2D eigenvalue weighted by molar-refractivity contribution is -0.128. The highest BCUT2D eigenvalue weighted by molar-refractivity contribution is 7.89. The van der Waals surface area contributed by atoms with Crippen LogP contribution in [0.3, 0.4) is 0 Å². The normalized spacial score (nSPS) is 28.3. The molecule has 0 amide bonds. The summed E-state index contributed by atoms with van der Waals surface area (Å²) in [4.78, 5) is 26.4. The summed E-state index contributed by atoms with van der Waals surface area (Å²) >= 11 is 0. The molecule has 4 fully saturated rings. The van der Waals surface area contributed by atoms with E-state index in [0.717, 1.165) is 0 Å². The smallest absolute Gasteiger partial charge is 0.268 e. The molecular weight excluding hydrogens is 788 g/mol. The SMILES string of the molecule is CC1(C)[C@@H]2CC[C@@]1(CS(=O)(=O)N[C@H](c1c(F)c(F)c(F)c(F)c1F)[C@@H](OS(=O)(=O)C[C@]13CC[C@H](CC1=O)C3(C)C)c1c(F)c(F)c(F)c(F)c1F)C(=O)C2. The summed E-state index contributed by atoms with van der Waals surface area (Å²) in [5.74, 6) is -32.9. The number of carbonyl (C=O) groups excluding carboxylic acids is 2. The van der Waals surface area contributed by atoms with Crippen LogP contribution in [0.2, 0.25) is 0 Å². The third-order valence-corrected chi connectivity index (χ3v) is 15.9. The molecule has 2 aromatic rings. The molecule has 4 aliphatic carbocycles. The highest BCUT2D eigenvalue weighted by atomic mass is 32.2. The zero-order valence-corrected chi connectivity index (χ0v) is 30.6. The van der Waals surface area contributed by atoms with Gasteiger partial charge in [0.1, 0.15) is 17.7 Å². The Hall–Kier alpha value is -3.10. The predicted octanol–water partition coefficient (Wildman–Crippen LogP) is 6.92. The second-order valence-corrected chi connectivity index (χ2v) is 19.2. The highest BCUT2D eigenvalue weighted by Gasteiger charge is 2.67. The van der Waals surface area contributed by atoms with E-state index in [1.807, 2.05) is 0 Å². The van der Waals surface area contributed by atoms with Gasteiger partial charge < -0.3 is 0 Å². The summed E-state index contributed by atoms with van der Waals surface area (Å²) in [6, 6.07) is -3.50. The number of benzene rings is 2. The van der Waals surface area contributed by atoms with Crippen molar-refractivity contribution in [1.29, 1.82) is 0 Å². The monoisotopic (exact) mass is 821 g/mol. The van der Waals surface area contributed by atoms with Crippen LogP contribution in [0.5, 0.6) is 0 Å². The molecule has 8 nitrogen and oxygen atoms in total. The van der Waals surface area contributed by atoms with E-state index in [2.05, 4.69) is 0 Å². The number of ketones is 2. The molecule has 2 aromatic carbocycles. The van der Waals surface area contributed by atoms with Crippen LogP contribution in [0, 0.1) is 91.7 Å². The fourth-order valence-corrected chi connectivity index (χ4v) is 13.5. The minimum absolute atomic E-state index is 0.0730. The number of fused-ring (bicyclic) bond motifs is 4. The number of halogens is 10. The van der Waals surface area contributed by atoms with Crippen molar-refractivity contribution in [3.8, 4) is 0 Å². The topological polar surface area (TPSA) is 124 Å². The molecule has 4 saturated carbocycles. The van der Waals surface area contributed by atoms with E-state index in [-0.39, 0.29) is 37.5 Å². The number of hydrogen-bond donors (Lipinski definition) is 1. The molecule has 4 bridgehead atoms. The van der Waals surface area contributed by atoms with Gasteiger partial charge in [0.05, 0.1) is 34.1 Å². The Kier molecular flexibility index (Phi) is 9.54. The van der Waals surface area contributed by atoms with E-state index in [4.69, 9.17) is 4.18 Å². The minimum Gasteiger partial charge on any atom is -0.299 e. The van der Waals surface area contributed by atoms with Gasteiger partial charge in [0, 0.05) is 18.3 Å². The third-order valence-electron chi connectivity index (χ3n) is 13.1. The number of carbonyl (C=O) groups is 2. The van der Waals surface area contributed by atoms with Crippen LogP contribution in [-0.2, 0) is 33.9 Å². The fraction of sp³-hybridized carbons (Fsp3) is 0.588. The average molecular weight is 822 g/mol. The van der Waals surface area contributed by atoms with Crippen molar-refractivity contribution < 1.29 is 74.5 Å². The quantitative estimate of drug-likeness (QED) is 0.113. The molecule has 0 unspecified atom stereocenters. The van der Waals surface area contributed by atoms with Gasteiger partial charge in [-0.1, -0.05) is 27.7 Å². The van der Waals surface area contributed by atoms with Crippen LogP contribution in [0.4, 0.5) is 43.9 Å².